The molecule has 0 aliphatic heterocycles. The van der Waals surface area contributed by atoms with Crippen molar-refractivity contribution in [3.05, 3.63) is 13.2 Å². The van der Waals surface area contributed by atoms with Gasteiger partial charge in [0.2, 0.25) is 0 Å². The van der Waals surface area contributed by atoms with Crippen molar-refractivity contribution in [3.8, 4) is 0 Å². The quantitative estimate of drug-likeness (QED) is 0.522. The lowest BCUT2D eigenvalue weighted by Crippen LogP contribution is -2.15. The van der Waals surface area contributed by atoms with Crippen LogP contribution < -0.4 is 0 Å². The van der Waals surface area contributed by atoms with Crippen molar-refractivity contribution in [1.82, 2.24) is 0 Å². The van der Waals surface area contributed by atoms with Crippen LogP contribution in [0, 0.1) is 0 Å². The summed E-state index contributed by atoms with van der Waals surface area (Å²) in [6, 6.07) is 0. The predicted octanol–water partition coefficient (Wildman–Crippen LogP) is 0.550. The molecule has 0 aromatic rings. The second-order valence-electron chi connectivity index (χ2n) is 1.73. The highest BCUT2D eigenvalue weighted by molar-refractivity contribution is 4.43. The van der Waals surface area contributed by atoms with E-state index in [1.165, 1.54) is 6.42 Å². The van der Waals surface area contributed by atoms with Crippen LogP contribution in [0.1, 0.15) is 20.3 Å². The Balaban J connectivity index is -0.000000109. The molecule has 0 amide bonds. The lowest BCUT2D eigenvalue weighted by Gasteiger charge is -1.96. The Kier molecular flexibility index (Phi) is 34.8. The molecule has 0 fully saturated rings. The van der Waals surface area contributed by atoms with Crippen molar-refractivity contribution in [1.29, 1.82) is 0 Å². The molecule has 3 nitrogen and oxygen atoms in total. The van der Waals surface area contributed by atoms with E-state index in [1.807, 2.05) is 0 Å². The zero-order valence-corrected chi connectivity index (χ0v) is 7.45. The zero-order valence-electron chi connectivity index (χ0n) is 7.45. The summed E-state index contributed by atoms with van der Waals surface area (Å²) < 4.78 is 0. The van der Waals surface area contributed by atoms with Crippen molar-refractivity contribution < 1.29 is 15.3 Å². The second-order valence-corrected chi connectivity index (χ2v) is 1.73. The Hall–Kier alpha value is -0.380. The lowest BCUT2D eigenvalue weighted by molar-refractivity contribution is 0.0450. The van der Waals surface area contributed by atoms with Gasteiger partial charge < -0.3 is 15.3 Å². The van der Waals surface area contributed by atoms with Crippen molar-refractivity contribution in [3.63, 3.8) is 0 Å². The molecule has 11 heavy (non-hydrogen) atoms. The van der Waals surface area contributed by atoms with Crippen molar-refractivity contribution in [2.24, 2.45) is 0 Å². The smallest absolute Gasteiger partial charge is 0.100 e. The molecule has 0 bridgehead atoms. The average molecular weight is 164 g/mol. The number of aliphatic hydroxyl groups excluding tert-OH is 3. The summed E-state index contributed by atoms with van der Waals surface area (Å²) in [4.78, 5) is 0. The van der Waals surface area contributed by atoms with Crippen molar-refractivity contribution in [2.75, 3.05) is 13.2 Å². The third-order valence-electron chi connectivity index (χ3n) is 0.421. The van der Waals surface area contributed by atoms with Crippen LogP contribution in [0.3, 0.4) is 0 Å². The molecule has 0 aliphatic carbocycles. The highest BCUT2D eigenvalue weighted by Gasteiger charge is 1.93. The van der Waals surface area contributed by atoms with Crippen LogP contribution in [0.4, 0.5) is 0 Å². The standard InChI is InChI=1S/C3H8O3.C3H8.C2H4/c4-1-3(6)2-5;1-3-2;1-2/h3-6H,1-2H2;3H2,1-2H3;1-2H2. The van der Waals surface area contributed by atoms with E-state index in [9.17, 15) is 0 Å². The fraction of sp³-hybridized carbons (Fsp3) is 0.750. The van der Waals surface area contributed by atoms with Gasteiger partial charge in [-0.15, -0.1) is 13.2 Å². The first-order valence-electron chi connectivity index (χ1n) is 3.62. The highest BCUT2D eigenvalue weighted by atomic mass is 16.3. The maximum absolute atomic E-state index is 8.17. The first-order valence-corrected chi connectivity index (χ1v) is 3.62. The molecule has 0 aromatic heterocycles. The minimum absolute atomic E-state index is 0.365. The Bertz CT molecular complexity index is 44.6. The van der Waals surface area contributed by atoms with Crippen LogP contribution in [0.2, 0.25) is 0 Å². The van der Waals surface area contributed by atoms with Gasteiger partial charge in [-0.25, -0.2) is 0 Å². The highest BCUT2D eigenvalue weighted by Crippen LogP contribution is 1.71. The molecule has 3 heteroatoms. The van der Waals surface area contributed by atoms with E-state index >= 15 is 0 Å². The monoisotopic (exact) mass is 164 g/mol. The predicted molar refractivity (Wildman–Crippen MR) is 47.4 cm³/mol. The normalized spacial score (nSPS) is 7.45. The van der Waals surface area contributed by atoms with Gasteiger partial charge in [0.05, 0.1) is 13.2 Å². The Morgan fingerprint density at radius 1 is 1.09 bits per heavy atom. The average Bonchev–Trinajstić information content (AvgIpc) is 2.08. The molecule has 0 atom stereocenters. The molecular formula is C8H20O3. The first-order chi connectivity index (χ1) is 5.22. The number of hydrogen-bond donors (Lipinski definition) is 3. The summed E-state index contributed by atoms with van der Waals surface area (Å²) in [5.74, 6) is 0. The zero-order chi connectivity index (χ0) is 9.70. The molecule has 0 rings (SSSR count). The lowest BCUT2D eigenvalue weighted by atomic mass is 10.4. The van der Waals surface area contributed by atoms with Gasteiger partial charge in [0.25, 0.3) is 0 Å². The maximum atomic E-state index is 8.17. The van der Waals surface area contributed by atoms with Gasteiger partial charge in [-0.05, 0) is 0 Å². The second kappa shape index (κ2) is 22.6. The molecule has 0 spiro atoms. The third kappa shape index (κ3) is 42.6. The van der Waals surface area contributed by atoms with Gasteiger partial charge in [-0.3, -0.25) is 0 Å². The molecule has 0 aromatic carbocycles. The summed E-state index contributed by atoms with van der Waals surface area (Å²) in [5, 5.41) is 24.0. The molecule has 0 unspecified atom stereocenters. The van der Waals surface area contributed by atoms with Gasteiger partial charge in [0, 0.05) is 0 Å². The minimum Gasteiger partial charge on any atom is -0.394 e. The largest absolute Gasteiger partial charge is 0.394 e. The van der Waals surface area contributed by atoms with E-state index in [2.05, 4.69) is 27.0 Å². The summed E-state index contributed by atoms with van der Waals surface area (Å²) >= 11 is 0. The molecule has 0 heterocycles. The van der Waals surface area contributed by atoms with E-state index in [0.29, 0.717) is 0 Å². The summed E-state index contributed by atoms with van der Waals surface area (Å²) in [6.07, 6.45) is 0.296. The SMILES string of the molecule is C=C.CCC.OCC(O)CO. The fourth-order valence-corrected chi connectivity index (χ4v) is 0.0577. The number of rotatable bonds is 2. The molecular weight excluding hydrogens is 144 g/mol. The molecule has 3 N–H and O–H groups in total. The van der Waals surface area contributed by atoms with Gasteiger partial charge in [0.15, 0.2) is 0 Å². The van der Waals surface area contributed by atoms with Crippen molar-refractivity contribution >= 4 is 0 Å². The summed E-state index contributed by atoms with van der Waals surface area (Å²) in [7, 11) is 0. The van der Waals surface area contributed by atoms with Crippen molar-refractivity contribution in [2.45, 2.75) is 26.4 Å². The Morgan fingerprint density at radius 2 is 1.27 bits per heavy atom. The Labute approximate surface area is 69.0 Å². The summed E-state index contributed by atoms with van der Waals surface area (Å²) in [6.45, 7) is 9.52. The van der Waals surface area contributed by atoms with E-state index < -0.39 is 6.10 Å². The molecule has 0 saturated heterocycles. The van der Waals surface area contributed by atoms with Crippen LogP contribution in [0.25, 0.3) is 0 Å². The van der Waals surface area contributed by atoms with Crippen LogP contribution in [-0.2, 0) is 0 Å². The van der Waals surface area contributed by atoms with Crippen LogP contribution in [-0.4, -0.2) is 34.6 Å². The first kappa shape index (κ1) is 16.9. The summed E-state index contributed by atoms with van der Waals surface area (Å²) in [5.41, 5.74) is 0. The van der Waals surface area contributed by atoms with Crippen LogP contribution >= 0.6 is 0 Å². The van der Waals surface area contributed by atoms with E-state index in [0.717, 1.165) is 0 Å². The van der Waals surface area contributed by atoms with Crippen LogP contribution in [0.15, 0.2) is 13.2 Å². The van der Waals surface area contributed by atoms with Gasteiger partial charge in [-0.1, -0.05) is 20.3 Å². The maximum Gasteiger partial charge on any atom is 0.100 e. The van der Waals surface area contributed by atoms with E-state index in [-0.39, 0.29) is 13.2 Å². The van der Waals surface area contributed by atoms with Gasteiger partial charge in [0.1, 0.15) is 6.10 Å². The fourth-order valence-electron chi connectivity index (χ4n) is 0.0577. The Morgan fingerprint density at radius 3 is 1.27 bits per heavy atom. The van der Waals surface area contributed by atoms with E-state index in [4.69, 9.17) is 15.3 Å². The third-order valence-corrected chi connectivity index (χ3v) is 0.421. The van der Waals surface area contributed by atoms with Gasteiger partial charge >= 0.3 is 0 Å². The molecule has 0 saturated carbocycles. The minimum atomic E-state index is -0.954. The molecule has 70 valence electrons. The molecule has 0 radical (unpaired) electrons. The van der Waals surface area contributed by atoms with E-state index in [1.54, 1.807) is 0 Å². The topological polar surface area (TPSA) is 60.7 Å². The molecule has 0 aliphatic rings. The van der Waals surface area contributed by atoms with Gasteiger partial charge in [-0.2, -0.15) is 0 Å². The number of aliphatic hydroxyl groups is 3. The van der Waals surface area contributed by atoms with Crippen LogP contribution in [0.5, 0.6) is 0 Å². The number of hydrogen-bond acceptors (Lipinski definition) is 3.